The first kappa shape index (κ1) is 27.9. The topological polar surface area (TPSA) is 222 Å². The predicted octanol–water partition coefficient (Wildman–Crippen LogP) is -2.33. The van der Waals surface area contributed by atoms with E-state index in [0.717, 1.165) is 0 Å². The van der Waals surface area contributed by atoms with Crippen LogP contribution in [-0.4, -0.2) is 74.6 Å². The Bertz CT molecular complexity index is 833. The van der Waals surface area contributed by atoms with E-state index >= 15 is 0 Å². The van der Waals surface area contributed by atoms with E-state index in [0.29, 0.717) is 5.69 Å². The fourth-order valence-electron chi connectivity index (χ4n) is 2.84. The van der Waals surface area contributed by atoms with Gasteiger partial charge in [-0.1, -0.05) is 13.8 Å². The molecule has 0 aromatic carbocycles. The lowest BCUT2D eigenvalue weighted by molar-refractivity contribution is -0.143. The number of carboxylic acids is 1. The number of carboxylic acid groups (broad SMARTS) is 1. The van der Waals surface area contributed by atoms with Crippen LogP contribution in [-0.2, 0) is 30.4 Å². The van der Waals surface area contributed by atoms with Crippen molar-refractivity contribution in [3.05, 3.63) is 18.2 Å². The van der Waals surface area contributed by atoms with Crippen molar-refractivity contribution in [2.75, 3.05) is 5.75 Å². The predicted molar refractivity (Wildman–Crippen MR) is 121 cm³/mol. The zero-order valence-electron chi connectivity index (χ0n) is 18.4. The highest BCUT2D eigenvalue weighted by Crippen LogP contribution is 2.07. The van der Waals surface area contributed by atoms with Gasteiger partial charge >= 0.3 is 5.97 Å². The maximum absolute atomic E-state index is 12.9. The second-order valence-corrected chi connectivity index (χ2v) is 8.26. The Morgan fingerprint density at radius 2 is 1.64 bits per heavy atom. The molecule has 0 saturated heterocycles. The maximum Gasteiger partial charge on any atom is 0.326 e. The minimum atomic E-state index is -1.45. The van der Waals surface area contributed by atoms with E-state index in [1.54, 1.807) is 13.8 Å². The number of carbonyl (C=O) groups is 5. The van der Waals surface area contributed by atoms with Crippen LogP contribution in [0.15, 0.2) is 12.5 Å². The van der Waals surface area contributed by atoms with Gasteiger partial charge in [0.2, 0.25) is 23.6 Å². The van der Waals surface area contributed by atoms with Gasteiger partial charge in [-0.15, -0.1) is 0 Å². The molecule has 0 spiro atoms. The number of rotatable bonds is 14. The van der Waals surface area contributed by atoms with Crippen LogP contribution < -0.4 is 27.4 Å². The monoisotopic (exact) mass is 485 g/mol. The zero-order chi connectivity index (χ0) is 25.1. The molecule has 14 heteroatoms. The van der Waals surface area contributed by atoms with Crippen molar-refractivity contribution in [2.24, 2.45) is 17.4 Å². The molecule has 4 atom stereocenters. The Kier molecular flexibility index (Phi) is 11.4. The van der Waals surface area contributed by atoms with Gasteiger partial charge in [-0.05, 0) is 12.3 Å². The van der Waals surface area contributed by atoms with Crippen LogP contribution in [0.25, 0.3) is 0 Å². The summed E-state index contributed by atoms with van der Waals surface area (Å²) in [5.41, 5.74) is 11.4. The minimum absolute atomic E-state index is 0.0210. The van der Waals surface area contributed by atoms with E-state index in [4.69, 9.17) is 11.5 Å². The summed E-state index contributed by atoms with van der Waals surface area (Å²) < 4.78 is 0. The van der Waals surface area contributed by atoms with Crippen LogP contribution in [0.3, 0.4) is 0 Å². The average molecular weight is 486 g/mol. The highest BCUT2D eigenvalue weighted by atomic mass is 32.1. The smallest absolute Gasteiger partial charge is 0.326 e. The van der Waals surface area contributed by atoms with Crippen molar-refractivity contribution in [1.29, 1.82) is 0 Å². The molecule has 0 radical (unpaired) electrons. The van der Waals surface area contributed by atoms with E-state index in [1.807, 2.05) is 0 Å². The highest BCUT2D eigenvalue weighted by Gasteiger charge is 2.31. The number of aliphatic carboxylic acids is 1. The fourth-order valence-corrected chi connectivity index (χ4v) is 3.00. The standard InChI is InChI=1S/C19H31N7O6S/c1-9(2)3-14(19(31)32)26-18(30)13(5-15(21)27)25-17(29)12(4-10-6-22-8-23-10)24-16(28)11(20)7-33/h6,8-9,11-14,33H,3-5,7,20H2,1-2H3,(H2,21,27)(H,22,23)(H,24,28)(H,25,29)(H,26,30)(H,31,32). The van der Waals surface area contributed by atoms with Gasteiger partial charge in [-0.3, -0.25) is 19.2 Å². The van der Waals surface area contributed by atoms with Crippen molar-refractivity contribution >= 4 is 42.2 Å². The van der Waals surface area contributed by atoms with Gasteiger partial charge in [0, 0.05) is 24.1 Å². The van der Waals surface area contributed by atoms with Gasteiger partial charge < -0.3 is 37.5 Å². The van der Waals surface area contributed by atoms with Gasteiger partial charge in [0.25, 0.3) is 0 Å². The second kappa shape index (κ2) is 13.4. The summed E-state index contributed by atoms with van der Waals surface area (Å²) in [6, 6.07) is -4.84. The molecule has 0 saturated carbocycles. The lowest BCUT2D eigenvalue weighted by atomic mass is 10.0. The average Bonchev–Trinajstić information content (AvgIpc) is 3.23. The number of amides is 4. The SMILES string of the molecule is CC(C)CC(NC(=O)C(CC(N)=O)NC(=O)C(Cc1cnc[nH]1)NC(=O)C(N)CS)C(=O)O. The first-order chi connectivity index (χ1) is 15.4. The van der Waals surface area contributed by atoms with Gasteiger partial charge in [-0.25, -0.2) is 9.78 Å². The normalized spacial score (nSPS) is 14.6. The molecular weight excluding hydrogens is 454 g/mol. The van der Waals surface area contributed by atoms with Crippen LogP contribution >= 0.6 is 12.6 Å². The number of carbonyl (C=O) groups excluding carboxylic acids is 4. The van der Waals surface area contributed by atoms with Gasteiger partial charge in [0.05, 0.1) is 18.8 Å². The number of nitrogens with two attached hydrogens (primary N) is 2. The molecule has 184 valence electrons. The number of aromatic amines is 1. The Hall–Kier alpha value is -3.13. The maximum atomic E-state index is 12.9. The minimum Gasteiger partial charge on any atom is -0.480 e. The van der Waals surface area contributed by atoms with E-state index in [2.05, 4.69) is 38.5 Å². The van der Waals surface area contributed by atoms with Crippen LogP contribution in [0.5, 0.6) is 0 Å². The molecule has 1 heterocycles. The highest BCUT2D eigenvalue weighted by molar-refractivity contribution is 7.80. The number of hydrogen-bond donors (Lipinski definition) is 8. The molecule has 9 N–H and O–H groups in total. The van der Waals surface area contributed by atoms with Crippen molar-refractivity contribution in [2.45, 2.75) is 57.3 Å². The number of aromatic nitrogens is 2. The number of nitrogens with zero attached hydrogens (tertiary/aromatic N) is 1. The van der Waals surface area contributed by atoms with Gasteiger partial charge in [0.1, 0.15) is 18.1 Å². The zero-order valence-corrected chi connectivity index (χ0v) is 19.3. The molecule has 1 rings (SSSR count). The Morgan fingerprint density at radius 3 is 2.12 bits per heavy atom. The summed E-state index contributed by atoms with van der Waals surface area (Å²) in [6.07, 6.45) is 2.37. The van der Waals surface area contributed by atoms with Crippen LogP contribution in [0.1, 0.15) is 32.4 Å². The molecule has 4 amide bonds. The number of imidazole rings is 1. The van der Waals surface area contributed by atoms with Crippen molar-refractivity contribution in [1.82, 2.24) is 25.9 Å². The largest absolute Gasteiger partial charge is 0.480 e. The summed E-state index contributed by atoms with van der Waals surface area (Å²) in [5.74, 6) is -4.51. The molecule has 0 aliphatic heterocycles. The molecule has 0 aliphatic rings. The third-order valence-corrected chi connectivity index (χ3v) is 4.90. The summed E-state index contributed by atoms with van der Waals surface area (Å²) in [4.78, 5) is 67.5. The lowest BCUT2D eigenvalue weighted by Gasteiger charge is -2.24. The number of thiol groups is 1. The van der Waals surface area contributed by atoms with Crippen molar-refractivity contribution < 1.29 is 29.1 Å². The summed E-state index contributed by atoms with van der Waals surface area (Å²) in [5, 5.41) is 16.5. The van der Waals surface area contributed by atoms with E-state index in [-0.39, 0.29) is 24.5 Å². The Labute approximate surface area is 196 Å². The third-order valence-electron chi connectivity index (χ3n) is 4.51. The van der Waals surface area contributed by atoms with Crippen LogP contribution in [0, 0.1) is 5.92 Å². The first-order valence-corrected chi connectivity index (χ1v) is 10.8. The molecule has 13 nitrogen and oxygen atoms in total. The molecule has 1 aromatic heterocycles. The molecule has 0 fully saturated rings. The molecule has 0 bridgehead atoms. The third kappa shape index (κ3) is 9.91. The Balaban J connectivity index is 3.04. The quantitative estimate of drug-likeness (QED) is 0.133. The molecule has 0 aliphatic carbocycles. The molecule has 33 heavy (non-hydrogen) atoms. The summed E-state index contributed by atoms with van der Waals surface area (Å²) >= 11 is 3.96. The number of nitrogens with one attached hydrogen (secondary N) is 4. The first-order valence-electron chi connectivity index (χ1n) is 10.2. The van der Waals surface area contributed by atoms with Crippen molar-refractivity contribution in [3.63, 3.8) is 0 Å². The van der Waals surface area contributed by atoms with Crippen LogP contribution in [0.2, 0.25) is 0 Å². The summed E-state index contributed by atoms with van der Waals surface area (Å²) in [6.45, 7) is 3.56. The molecule has 4 unspecified atom stereocenters. The molecule has 1 aromatic rings. The Morgan fingerprint density at radius 1 is 1.06 bits per heavy atom. The van der Waals surface area contributed by atoms with Crippen molar-refractivity contribution in [3.8, 4) is 0 Å². The van der Waals surface area contributed by atoms with Gasteiger partial charge in [0.15, 0.2) is 0 Å². The lowest BCUT2D eigenvalue weighted by Crippen LogP contribution is -2.58. The van der Waals surface area contributed by atoms with E-state index in [1.165, 1.54) is 12.5 Å². The van der Waals surface area contributed by atoms with Gasteiger partial charge in [-0.2, -0.15) is 12.6 Å². The van der Waals surface area contributed by atoms with E-state index < -0.39 is 60.2 Å². The molecular formula is C19H31N7O6S. The number of hydrogen-bond acceptors (Lipinski definition) is 8. The second-order valence-electron chi connectivity index (χ2n) is 7.89. The van der Waals surface area contributed by atoms with E-state index in [9.17, 15) is 29.1 Å². The fraction of sp³-hybridized carbons (Fsp3) is 0.579. The summed E-state index contributed by atoms with van der Waals surface area (Å²) in [7, 11) is 0. The van der Waals surface area contributed by atoms with Crippen LogP contribution in [0.4, 0.5) is 0 Å². The number of H-pyrrole nitrogens is 1. The number of primary amides is 1.